The van der Waals surface area contributed by atoms with Crippen LogP contribution in [0.1, 0.15) is 17.5 Å². The SMILES string of the molecule is COc1ccc2cc(CCC(C3CNCCO3)N(C)Cc3ccccc3)ccc2c1Cl. The molecular formula is C26H31ClN2O2. The lowest BCUT2D eigenvalue weighted by atomic mass is 9.97. The summed E-state index contributed by atoms with van der Waals surface area (Å²) in [5.74, 6) is 0.714. The number of methoxy groups -OCH3 is 1. The summed E-state index contributed by atoms with van der Waals surface area (Å²) in [4.78, 5) is 2.44. The summed E-state index contributed by atoms with van der Waals surface area (Å²) in [6.07, 6.45) is 2.22. The highest BCUT2D eigenvalue weighted by molar-refractivity contribution is 6.37. The Bertz CT molecular complexity index is 989. The first-order valence-corrected chi connectivity index (χ1v) is 11.3. The lowest BCUT2D eigenvalue weighted by Crippen LogP contribution is -2.51. The highest BCUT2D eigenvalue weighted by Gasteiger charge is 2.27. The fourth-order valence-corrected chi connectivity index (χ4v) is 4.77. The van der Waals surface area contributed by atoms with Crippen molar-refractivity contribution in [2.75, 3.05) is 33.9 Å². The molecule has 4 rings (SSSR count). The third-order valence-electron chi connectivity index (χ3n) is 6.16. The number of benzene rings is 3. The third-order valence-corrected chi connectivity index (χ3v) is 6.55. The minimum absolute atomic E-state index is 0.196. The Morgan fingerprint density at radius 2 is 1.97 bits per heavy atom. The normalized spacial score (nSPS) is 17.7. The number of fused-ring (bicyclic) bond motifs is 1. The predicted octanol–water partition coefficient (Wildman–Crippen LogP) is 4.92. The Balaban J connectivity index is 1.50. The largest absolute Gasteiger partial charge is 0.495 e. The molecule has 3 aromatic rings. The van der Waals surface area contributed by atoms with Crippen LogP contribution in [0.5, 0.6) is 5.75 Å². The van der Waals surface area contributed by atoms with Gasteiger partial charge in [0.1, 0.15) is 5.75 Å². The van der Waals surface area contributed by atoms with Gasteiger partial charge in [-0.25, -0.2) is 0 Å². The van der Waals surface area contributed by atoms with Gasteiger partial charge in [0.15, 0.2) is 0 Å². The van der Waals surface area contributed by atoms with E-state index in [0.29, 0.717) is 16.8 Å². The molecular weight excluding hydrogens is 408 g/mol. The summed E-state index contributed by atoms with van der Waals surface area (Å²) in [7, 11) is 3.86. The molecule has 2 atom stereocenters. The molecule has 0 radical (unpaired) electrons. The zero-order chi connectivity index (χ0) is 21.6. The van der Waals surface area contributed by atoms with Gasteiger partial charge in [0.25, 0.3) is 0 Å². The quantitative estimate of drug-likeness (QED) is 0.541. The summed E-state index contributed by atoms with van der Waals surface area (Å²) >= 11 is 6.49. The maximum atomic E-state index is 6.49. The molecule has 5 heteroatoms. The van der Waals surface area contributed by atoms with Crippen molar-refractivity contribution in [2.24, 2.45) is 0 Å². The summed E-state index contributed by atoms with van der Waals surface area (Å²) < 4.78 is 11.5. The number of halogens is 1. The molecule has 1 heterocycles. The van der Waals surface area contributed by atoms with Crippen LogP contribution in [-0.2, 0) is 17.7 Å². The van der Waals surface area contributed by atoms with Gasteiger partial charge >= 0.3 is 0 Å². The highest BCUT2D eigenvalue weighted by Crippen LogP contribution is 2.33. The molecule has 0 saturated carbocycles. The predicted molar refractivity (Wildman–Crippen MR) is 128 cm³/mol. The molecule has 2 unspecified atom stereocenters. The van der Waals surface area contributed by atoms with Gasteiger partial charge in [-0.2, -0.15) is 0 Å². The van der Waals surface area contributed by atoms with E-state index in [9.17, 15) is 0 Å². The van der Waals surface area contributed by atoms with Crippen LogP contribution in [0.4, 0.5) is 0 Å². The van der Waals surface area contributed by atoms with Crippen LogP contribution < -0.4 is 10.1 Å². The molecule has 0 amide bonds. The lowest BCUT2D eigenvalue weighted by Gasteiger charge is -2.37. The number of likely N-dealkylation sites (N-methyl/N-ethyl adjacent to an activating group) is 1. The first-order valence-electron chi connectivity index (χ1n) is 11.0. The van der Waals surface area contributed by atoms with E-state index in [1.807, 2.05) is 6.07 Å². The maximum absolute atomic E-state index is 6.49. The molecule has 1 fully saturated rings. The number of rotatable bonds is 8. The molecule has 3 aromatic carbocycles. The number of nitrogens with zero attached hydrogens (tertiary/aromatic N) is 1. The molecule has 0 bridgehead atoms. The van der Waals surface area contributed by atoms with Crippen LogP contribution in [0.25, 0.3) is 10.8 Å². The minimum atomic E-state index is 0.196. The van der Waals surface area contributed by atoms with Crippen LogP contribution in [-0.4, -0.2) is 50.9 Å². The van der Waals surface area contributed by atoms with Gasteiger partial charge in [0, 0.05) is 31.1 Å². The van der Waals surface area contributed by atoms with Crippen LogP contribution in [0.2, 0.25) is 5.02 Å². The number of morpholine rings is 1. The smallest absolute Gasteiger partial charge is 0.138 e. The maximum Gasteiger partial charge on any atom is 0.138 e. The number of hydrogen-bond donors (Lipinski definition) is 1. The van der Waals surface area contributed by atoms with E-state index in [-0.39, 0.29) is 6.10 Å². The van der Waals surface area contributed by atoms with E-state index < -0.39 is 0 Å². The van der Waals surface area contributed by atoms with Gasteiger partial charge in [0.2, 0.25) is 0 Å². The Morgan fingerprint density at radius 1 is 1.13 bits per heavy atom. The zero-order valence-electron chi connectivity index (χ0n) is 18.3. The number of nitrogens with one attached hydrogen (secondary N) is 1. The van der Waals surface area contributed by atoms with E-state index in [4.69, 9.17) is 21.1 Å². The van der Waals surface area contributed by atoms with E-state index in [2.05, 4.69) is 71.9 Å². The van der Waals surface area contributed by atoms with E-state index >= 15 is 0 Å². The Labute approximate surface area is 190 Å². The molecule has 31 heavy (non-hydrogen) atoms. The average Bonchev–Trinajstić information content (AvgIpc) is 2.81. The first-order chi connectivity index (χ1) is 15.2. The summed E-state index contributed by atoms with van der Waals surface area (Å²) in [5.41, 5.74) is 2.64. The molecule has 0 aliphatic carbocycles. The fraction of sp³-hybridized carbons (Fsp3) is 0.385. The van der Waals surface area contributed by atoms with Crippen LogP contribution in [0.15, 0.2) is 60.7 Å². The fourth-order valence-electron chi connectivity index (χ4n) is 4.46. The van der Waals surface area contributed by atoms with Crippen molar-refractivity contribution >= 4 is 22.4 Å². The van der Waals surface area contributed by atoms with E-state index in [1.54, 1.807) is 7.11 Å². The number of hydrogen-bond acceptors (Lipinski definition) is 4. The van der Waals surface area contributed by atoms with Crippen LogP contribution in [0.3, 0.4) is 0 Å². The molecule has 4 nitrogen and oxygen atoms in total. The van der Waals surface area contributed by atoms with Gasteiger partial charge < -0.3 is 14.8 Å². The van der Waals surface area contributed by atoms with Gasteiger partial charge in [-0.3, -0.25) is 4.90 Å². The Kier molecular flexibility index (Phi) is 7.46. The standard InChI is InChI=1S/C26H31ClN2O2/c1-29(18-20-6-4-3-5-7-20)23(25-17-28-14-15-31-25)12-9-19-8-11-22-21(16-19)10-13-24(30-2)26(22)27/h3-8,10-11,13,16,23,25,28H,9,12,14-15,17-18H2,1-2H3. The number of ether oxygens (including phenoxy) is 2. The second kappa shape index (κ2) is 10.5. The van der Waals surface area contributed by atoms with Crippen molar-refractivity contribution in [2.45, 2.75) is 31.5 Å². The van der Waals surface area contributed by atoms with Crippen molar-refractivity contribution in [1.82, 2.24) is 10.2 Å². The molecule has 1 N–H and O–H groups in total. The Morgan fingerprint density at radius 3 is 2.71 bits per heavy atom. The van der Waals surface area contributed by atoms with Gasteiger partial charge in [-0.05, 0) is 42.5 Å². The van der Waals surface area contributed by atoms with E-state index in [1.165, 1.54) is 11.1 Å². The van der Waals surface area contributed by atoms with Gasteiger partial charge in [-0.15, -0.1) is 0 Å². The molecule has 1 saturated heterocycles. The lowest BCUT2D eigenvalue weighted by molar-refractivity contribution is -0.0299. The highest BCUT2D eigenvalue weighted by atomic mass is 35.5. The molecule has 1 aliphatic rings. The van der Waals surface area contributed by atoms with Gasteiger partial charge in [0.05, 0.1) is 24.8 Å². The van der Waals surface area contributed by atoms with Crippen molar-refractivity contribution in [3.05, 3.63) is 76.8 Å². The second-order valence-corrected chi connectivity index (χ2v) is 8.64. The average molecular weight is 439 g/mol. The van der Waals surface area contributed by atoms with Gasteiger partial charge in [-0.1, -0.05) is 66.2 Å². The van der Waals surface area contributed by atoms with Crippen molar-refractivity contribution < 1.29 is 9.47 Å². The third kappa shape index (κ3) is 5.39. The van der Waals surface area contributed by atoms with E-state index in [0.717, 1.165) is 49.9 Å². The monoisotopic (exact) mass is 438 g/mol. The van der Waals surface area contributed by atoms with Crippen LogP contribution in [0, 0.1) is 0 Å². The zero-order valence-corrected chi connectivity index (χ0v) is 19.1. The van der Waals surface area contributed by atoms with Crippen LogP contribution >= 0.6 is 11.6 Å². The first kappa shape index (κ1) is 22.1. The second-order valence-electron chi connectivity index (χ2n) is 8.26. The summed E-state index contributed by atoms with van der Waals surface area (Å²) in [6, 6.07) is 21.5. The van der Waals surface area contributed by atoms with Crippen molar-refractivity contribution in [3.8, 4) is 5.75 Å². The Hall–Kier alpha value is -2.11. The van der Waals surface area contributed by atoms with Crippen molar-refractivity contribution in [3.63, 3.8) is 0 Å². The molecule has 164 valence electrons. The number of aryl methyl sites for hydroxylation is 1. The molecule has 1 aliphatic heterocycles. The minimum Gasteiger partial charge on any atom is -0.495 e. The molecule has 0 aromatic heterocycles. The molecule has 0 spiro atoms. The van der Waals surface area contributed by atoms with Crippen molar-refractivity contribution in [1.29, 1.82) is 0 Å². The summed E-state index contributed by atoms with van der Waals surface area (Å²) in [5, 5.41) is 6.35. The topological polar surface area (TPSA) is 33.7 Å². The summed E-state index contributed by atoms with van der Waals surface area (Å²) in [6.45, 7) is 3.52.